The molecule has 4 heteroatoms. The number of carbonyl (C=O) groups is 1. The molecule has 0 saturated carbocycles. The first-order valence-electron chi connectivity index (χ1n) is 6.46. The van der Waals surface area contributed by atoms with E-state index in [9.17, 15) is 4.79 Å². The average molecular weight is 248 g/mol. The van der Waals surface area contributed by atoms with Gasteiger partial charge in [0.15, 0.2) is 0 Å². The predicted molar refractivity (Wildman–Crippen MR) is 70.1 cm³/mol. The number of rotatable bonds is 5. The molecule has 0 aromatic heterocycles. The number of hydrogen-bond donors (Lipinski definition) is 2. The lowest BCUT2D eigenvalue weighted by atomic mass is 10.1. The number of nitrogens with one attached hydrogen (secondary N) is 2. The van der Waals surface area contributed by atoms with Crippen LogP contribution < -0.4 is 10.6 Å². The van der Waals surface area contributed by atoms with Gasteiger partial charge < -0.3 is 15.4 Å². The van der Waals surface area contributed by atoms with Crippen LogP contribution in [-0.2, 0) is 16.1 Å². The van der Waals surface area contributed by atoms with Gasteiger partial charge in [-0.15, -0.1) is 0 Å². The molecule has 0 unspecified atom stereocenters. The second kappa shape index (κ2) is 7.13. The maximum atomic E-state index is 11.7. The first-order chi connectivity index (χ1) is 8.84. The third-order valence-corrected chi connectivity index (χ3v) is 3.11. The highest BCUT2D eigenvalue weighted by molar-refractivity contribution is 5.78. The molecule has 0 atom stereocenters. The molecule has 1 aliphatic rings. The Kier molecular flexibility index (Phi) is 5.17. The van der Waals surface area contributed by atoms with Gasteiger partial charge in [0.2, 0.25) is 5.91 Å². The van der Waals surface area contributed by atoms with Gasteiger partial charge in [-0.05, 0) is 18.4 Å². The molecule has 1 aromatic rings. The molecule has 18 heavy (non-hydrogen) atoms. The Morgan fingerprint density at radius 2 is 1.94 bits per heavy atom. The van der Waals surface area contributed by atoms with Crippen LogP contribution in [-0.4, -0.2) is 31.7 Å². The Balaban J connectivity index is 1.63. The Hall–Kier alpha value is -1.39. The van der Waals surface area contributed by atoms with E-state index in [1.165, 1.54) is 0 Å². The molecule has 1 aliphatic heterocycles. The molecule has 1 fully saturated rings. The van der Waals surface area contributed by atoms with Crippen LogP contribution >= 0.6 is 0 Å². The average Bonchev–Trinajstić information content (AvgIpc) is 2.45. The zero-order chi connectivity index (χ0) is 12.6. The molecule has 0 bridgehead atoms. The van der Waals surface area contributed by atoms with Crippen LogP contribution in [0, 0.1) is 0 Å². The van der Waals surface area contributed by atoms with E-state index in [0.717, 1.165) is 31.6 Å². The summed E-state index contributed by atoms with van der Waals surface area (Å²) in [7, 11) is 0. The van der Waals surface area contributed by atoms with E-state index >= 15 is 0 Å². The van der Waals surface area contributed by atoms with Gasteiger partial charge in [-0.2, -0.15) is 0 Å². The van der Waals surface area contributed by atoms with Crippen molar-refractivity contribution in [3.63, 3.8) is 0 Å². The molecular weight excluding hydrogens is 228 g/mol. The van der Waals surface area contributed by atoms with Crippen LogP contribution in [0.5, 0.6) is 0 Å². The van der Waals surface area contributed by atoms with Crippen LogP contribution in [0.1, 0.15) is 18.4 Å². The second-order valence-corrected chi connectivity index (χ2v) is 4.53. The minimum atomic E-state index is 0.0466. The first-order valence-corrected chi connectivity index (χ1v) is 6.46. The maximum Gasteiger partial charge on any atom is 0.234 e. The van der Waals surface area contributed by atoms with E-state index in [4.69, 9.17) is 4.74 Å². The lowest BCUT2D eigenvalue weighted by molar-refractivity contribution is -0.120. The fraction of sp³-hybridized carbons (Fsp3) is 0.500. The van der Waals surface area contributed by atoms with E-state index in [-0.39, 0.29) is 5.91 Å². The quantitative estimate of drug-likeness (QED) is 0.819. The topological polar surface area (TPSA) is 50.4 Å². The summed E-state index contributed by atoms with van der Waals surface area (Å²) in [5.41, 5.74) is 1.12. The van der Waals surface area contributed by atoms with E-state index in [2.05, 4.69) is 10.6 Å². The highest BCUT2D eigenvalue weighted by Gasteiger charge is 2.13. The van der Waals surface area contributed by atoms with Crippen LogP contribution in [0.25, 0.3) is 0 Å². The summed E-state index contributed by atoms with van der Waals surface area (Å²) >= 11 is 0. The van der Waals surface area contributed by atoms with Gasteiger partial charge in [-0.3, -0.25) is 4.79 Å². The predicted octanol–water partition coefficient (Wildman–Crippen LogP) is 1.07. The Labute approximate surface area is 108 Å². The summed E-state index contributed by atoms with van der Waals surface area (Å²) in [5.74, 6) is 0.0466. The molecule has 0 aliphatic carbocycles. The molecule has 0 spiro atoms. The molecular formula is C14H20N2O2. The molecule has 2 N–H and O–H groups in total. The molecule has 4 nitrogen and oxygen atoms in total. The minimum Gasteiger partial charge on any atom is -0.381 e. The Morgan fingerprint density at radius 3 is 2.67 bits per heavy atom. The number of benzene rings is 1. The SMILES string of the molecule is O=C(CNC1CCOCC1)NCc1ccccc1. The number of carbonyl (C=O) groups excluding carboxylic acids is 1. The Morgan fingerprint density at radius 1 is 1.22 bits per heavy atom. The van der Waals surface area contributed by atoms with Crippen molar-refractivity contribution in [2.45, 2.75) is 25.4 Å². The zero-order valence-electron chi connectivity index (χ0n) is 10.5. The van der Waals surface area contributed by atoms with Crippen molar-refractivity contribution < 1.29 is 9.53 Å². The summed E-state index contributed by atoms with van der Waals surface area (Å²) in [5, 5.41) is 6.17. The van der Waals surface area contributed by atoms with Crippen LogP contribution in [0.4, 0.5) is 0 Å². The summed E-state index contributed by atoms with van der Waals surface area (Å²) in [4.78, 5) is 11.7. The Bertz CT molecular complexity index is 361. The number of hydrogen-bond acceptors (Lipinski definition) is 3. The summed E-state index contributed by atoms with van der Waals surface area (Å²) in [6.07, 6.45) is 1.98. The zero-order valence-corrected chi connectivity index (χ0v) is 10.5. The summed E-state index contributed by atoms with van der Waals surface area (Å²) < 4.78 is 5.27. The van der Waals surface area contributed by atoms with E-state index < -0.39 is 0 Å². The van der Waals surface area contributed by atoms with Crippen molar-refractivity contribution in [3.8, 4) is 0 Å². The van der Waals surface area contributed by atoms with Gasteiger partial charge in [0.25, 0.3) is 0 Å². The standard InChI is InChI=1S/C14H20N2O2/c17-14(11-15-13-6-8-18-9-7-13)16-10-12-4-2-1-3-5-12/h1-5,13,15H,6-11H2,(H,16,17). The van der Waals surface area contributed by atoms with Gasteiger partial charge in [-0.25, -0.2) is 0 Å². The molecule has 1 saturated heterocycles. The number of amides is 1. The van der Waals surface area contributed by atoms with Crippen molar-refractivity contribution in [1.82, 2.24) is 10.6 Å². The first kappa shape index (κ1) is 13.1. The van der Waals surface area contributed by atoms with E-state index in [1.807, 2.05) is 30.3 Å². The highest BCUT2D eigenvalue weighted by atomic mass is 16.5. The maximum absolute atomic E-state index is 11.7. The van der Waals surface area contributed by atoms with Crippen LogP contribution in [0.2, 0.25) is 0 Å². The smallest absolute Gasteiger partial charge is 0.234 e. The minimum absolute atomic E-state index is 0.0466. The third kappa shape index (κ3) is 4.47. The fourth-order valence-electron chi connectivity index (χ4n) is 2.00. The van der Waals surface area contributed by atoms with E-state index in [0.29, 0.717) is 19.1 Å². The molecule has 1 aromatic carbocycles. The second-order valence-electron chi connectivity index (χ2n) is 4.53. The van der Waals surface area contributed by atoms with Crippen LogP contribution in [0.3, 0.4) is 0 Å². The molecule has 1 heterocycles. The molecule has 1 amide bonds. The van der Waals surface area contributed by atoms with Crippen LogP contribution in [0.15, 0.2) is 30.3 Å². The molecule has 0 radical (unpaired) electrons. The monoisotopic (exact) mass is 248 g/mol. The normalized spacial score (nSPS) is 16.4. The van der Waals surface area contributed by atoms with Gasteiger partial charge in [0, 0.05) is 25.8 Å². The van der Waals surface area contributed by atoms with Crippen molar-refractivity contribution in [2.24, 2.45) is 0 Å². The van der Waals surface area contributed by atoms with Crippen molar-refractivity contribution >= 4 is 5.91 Å². The third-order valence-electron chi connectivity index (χ3n) is 3.11. The summed E-state index contributed by atoms with van der Waals surface area (Å²) in [6.45, 7) is 2.57. The van der Waals surface area contributed by atoms with Gasteiger partial charge in [0.1, 0.15) is 0 Å². The molecule has 2 rings (SSSR count). The van der Waals surface area contributed by atoms with Crippen molar-refractivity contribution in [2.75, 3.05) is 19.8 Å². The van der Waals surface area contributed by atoms with Gasteiger partial charge in [-0.1, -0.05) is 30.3 Å². The molecule has 98 valence electrons. The number of ether oxygens (including phenoxy) is 1. The van der Waals surface area contributed by atoms with Gasteiger partial charge in [0.05, 0.1) is 6.54 Å². The van der Waals surface area contributed by atoms with E-state index in [1.54, 1.807) is 0 Å². The van der Waals surface area contributed by atoms with Crippen molar-refractivity contribution in [1.29, 1.82) is 0 Å². The summed E-state index contributed by atoms with van der Waals surface area (Å²) in [6, 6.07) is 10.3. The fourth-order valence-corrected chi connectivity index (χ4v) is 2.00. The largest absolute Gasteiger partial charge is 0.381 e. The highest BCUT2D eigenvalue weighted by Crippen LogP contribution is 2.05. The lowest BCUT2D eigenvalue weighted by Gasteiger charge is -2.22. The van der Waals surface area contributed by atoms with Gasteiger partial charge >= 0.3 is 0 Å². The van der Waals surface area contributed by atoms with Crippen molar-refractivity contribution in [3.05, 3.63) is 35.9 Å². The lowest BCUT2D eigenvalue weighted by Crippen LogP contribution is -2.41.